The minimum absolute atomic E-state index is 0.139. The van der Waals surface area contributed by atoms with E-state index in [1.807, 2.05) is 79.0 Å². The molecule has 0 atom stereocenters. The molecule has 0 aliphatic rings. The van der Waals surface area contributed by atoms with Crippen LogP contribution in [0.15, 0.2) is 91.1 Å². The Morgan fingerprint density at radius 3 is 2.00 bits per heavy atom. The number of imidazole rings is 1. The second-order valence-electron chi connectivity index (χ2n) is 9.13. The molecule has 0 aliphatic heterocycles. The van der Waals surface area contributed by atoms with Crippen molar-refractivity contribution in [3.8, 4) is 22.9 Å². The molecule has 5 aromatic rings. The van der Waals surface area contributed by atoms with Crippen LogP contribution in [0, 0.1) is 0 Å². The number of nitrogens with zero attached hydrogens (tertiary/aromatic N) is 3. The first-order chi connectivity index (χ1) is 18.2. The fraction of sp³-hybridized carbons (Fsp3) is 0.226. The van der Waals surface area contributed by atoms with Gasteiger partial charge in [-0.2, -0.15) is 0 Å². The number of benzene rings is 3. The van der Waals surface area contributed by atoms with Gasteiger partial charge in [-0.1, -0.05) is 60.7 Å². The lowest BCUT2D eigenvalue weighted by Crippen LogP contribution is -2.01. The van der Waals surface area contributed by atoms with Gasteiger partial charge in [0, 0.05) is 31.2 Å². The molecule has 6 nitrogen and oxygen atoms in total. The normalized spacial score (nSPS) is 11.2. The third-order valence-electron chi connectivity index (χ3n) is 6.37. The van der Waals surface area contributed by atoms with E-state index in [0.29, 0.717) is 30.8 Å². The number of rotatable bonds is 11. The molecule has 3 aromatic carbocycles. The maximum atomic E-state index is 11.2. The van der Waals surface area contributed by atoms with Gasteiger partial charge in [0.15, 0.2) is 5.65 Å². The molecule has 0 aliphatic carbocycles. The van der Waals surface area contributed by atoms with Crippen molar-refractivity contribution < 1.29 is 14.9 Å². The van der Waals surface area contributed by atoms with Crippen molar-refractivity contribution in [2.45, 2.75) is 32.1 Å². The van der Waals surface area contributed by atoms with Crippen molar-refractivity contribution in [3.63, 3.8) is 0 Å². The van der Waals surface area contributed by atoms with Crippen LogP contribution in [0.25, 0.3) is 16.9 Å². The second-order valence-corrected chi connectivity index (χ2v) is 9.13. The monoisotopic (exact) mass is 493 g/mol. The Labute approximate surface area is 216 Å². The van der Waals surface area contributed by atoms with Crippen molar-refractivity contribution in [1.82, 2.24) is 14.4 Å². The second kappa shape index (κ2) is 11.7. The van der Waals surface area contributed by atoms with Gasteiger partial charge in [0.05, 0.1) is 18.0 Å². The maximum absolute atomic E-state index is 11.2. The Balaban J connectivity index is 1.47. The van der Waals surface area contributed by atoms with E-state index in [4.69, 9.17) is 19.8 Å². The van der Waals surface area contributed by atoms with E-state index < -0.39 is 0 Å². The van der Waals surface area contributed by atoms with Gasteiger partial charge in [0.25, 0.3) is 0 Å². The SMILES string of the molecule is OCCCCCOc1ccc(-c2cn3c(O)c(Cc4ccccc4)nc3c(Cc3ccccc3)n2)cc1. The summed E-state index contributed by atoms with van der Waals surface area (Å²) >= 11 is 0. The third-order valence-corrected chi connectivity index (χ3v) is 6.37. The van der Waals surface area contributed by atoms with Crippen molar-refractivity contribution in [2.75, 3.05) is 13.2 Å². The van der Waals surface area contributed by atoms with Crippen molar-refractivity contribution >= 4 is 5.65 Å². The zero-order valence-corrected chi connectivity index (χ0v) is 20.8. The summed E-state index contributed by atoms with van der Waals surface area (Å²) in [5.74, 6) is 0.939. The van der Waals surface area contributed by atoms with Crippen LogP contribution in [-0.4, -0.2) is 37.8 Å². The molecule has 0 saturated heterocycles. The van der Waals surface area contributed by atoms with Gasteiger partial charge >= 0.3 is 0 Å². The Kier molecular flexibility index (Phi) is 7.77. The zero-order valence-electron chi connectivity index (χ0n) is 20.8. The summed E-state index contributed by atoms with van der Waals surface area (Å²) in [7, 11) is 0. The highest BCUT2D eigenvalue weighted by atomic mass is 16.5. The lowest BCUT2D eigenvalue weighted by Gasteiger charge is -2.10. The quantitative estimate of drug-likeness (QED) is 0.227. The fourth-order valence-corrected chi connectivity index (χ4v) is 4.40. The molecule has 0 saturated carbocycles. The van der Waals surface area contributed by atoms with Crippen LogP contribution >= 0.6 is 0 Å². The number of ether oxygens (including phenoxy) is 1. The number of hydrogen-bond acceptors (Lipinski definition) is 5. The Morgan fingerprint density at radius 1 is 0.703 bits per heavy atom. The Bertz CT molecular complexity index is 1430. The molecule has 0 bridgehead atoms. The van der Waals surface area contributed by atoms with Gasteiger partial charge in [-0.15, -0.1) is 0 Å². The van der Waals surface area contributed by atoms with Crippen LogP contribution < -0.4 is 4.74 Å². The molecule has 0 unspecified atom stereocenters. The van der Waals surface area contributed by atoms with Gasteiger partial charge < -0.3 is 14.9 Å². The van der Waals surface area contributed by atoms with Crippen LogP contribution in [-0.2, 0) is 12.8 Å². The predicted molar refractivity (Wildman–Crippen MR) is 145 cm³/mol. The molecule has 2 aromatic heterocycles. The molecule has 0 spiro atoms. The van der Waals surface area contributed by atoms with Crippen molar-refractivity contribution in [2.24, 2.45) is 0 Å². The van der Waals surface area contributed by atoms with Gasteiger partial charge in [-0.3, -0.25) is 4.40 Å². The van der Waals surface area contributed by atoms with Crippen LogP contribution in [0.2, 0.25) is 0 Å². The molecule has 188 valence electrons. The van der Waals surface area contributed by atoms with E-state index in [0.717, 1.165) is 53.1 Å². The number of fused-ring (bicyclic) bond motifs is 1. The topological polar surface area (TPSA) is 79.9 Å². The minimum atomic E-state index is 0.139. The summed E-state index contributed by atoms with van der Waals surface area (Å²) in [6.45, 7) is 0.844. The number of aliphatic hydroxyl groups excluding tert-OH is 1. The average Bonchev–Trinajstić information content (AvgIpc) is 3.25. The molecule has 2 heterocycles. The molecule has 6 heteroatoms. The Hall–Kier alpha value is -4.16. The van der Waals surface area contributed by atoms with Crippen LogP contribution in [0.5, 0.6) is 11.6 Å². The first-order valence-electron chi connectivity index (χ1n) is 12.7. The molecule has 0 fully saturated rings. The maximum Gasteiger partial charge on any atom is 0.219 e. The van der Waals surface area contributed by atoms with E-state index >= 15 is 0 Å². The minimum Gasteiger partial charge on any atom is -0.494 e. The number of unbranched alkanes of at least 4 members (excludes halogenated alkanes) is 2. The van der Waals surface area contributed by atoms with Gasteiger partial charge in [-0.25, -0.2) is 9.97 Å². The lowest BCUT2D eigenvalue weighted by atomic mass is 10.1. The van der Waals surface area contributed by atoms with Crippen LogP contribution in [0.4, 0.5) is 0 Å². The van der Waals surface area contributed by atoms with Crippen molar-refractivity contribution in [3.05, 3.63) is 114 Å². The van der Waals surface area contributed by atoms with E-state index in [2.05, 4.69) is 12.1 Å². The molecular formula is C31H31N3O3. The van der Waals surface area contributed by atoms with Crippen LogP contribution in [0.1, 0.15) is 41.8 Å². The molecular weight excluding hydrogens is 462 g/mol. The molecule has 0 amide bonds. The van der Waals surface area contributed by atoms with Gasteiger partial charge in [0.2, 0.25) is 5.88 Å². The first kappa shape index (κ1) is 24.5. The summed E-state index contributed by atoms with van der Waals surface area (Å²) < 4.78 is 7.59. The molecule has 37 heavy (non-hydrogen) atoms. The Morgan fingerprint density at radius 2 is 1.35 bits per heavy atom. The average molecular weight is 494 g/mol. The molecule has 5 rings (SSSR count). The predicted octanol–water partition coefficient (Wildman–Crippen LogP) is 5.82. The highest BCUT2D eigenvalue weighted by Gasteiger charge is 2.18. The number of aromatic nitrogens is 3. The summed E-state index contributed by atoms with van der Waals surface area (Å²) in [6.07, 6.45) is 5.66. The third kappa shape index (κ3) is 5.98. The summed E-state index contributed by atoms with van der Waals surface area (Å²) in [4.78, 5) is 9.82. The number of hydrogen-bond donors (Lipinski definition) is 2. The van der Waals surface area contributed by atoms with E-state index in [1.54, 1.807) is 4.40 Å². The molecule has 2 N–H and O–H groups in total. The number of aromatic hydroxyl groups is 1. The van der Waals surface area contributed by atoms with Crippen molar-refractivity contribution in [1.29, 1.82) is 0 Å². The van der Waals surface area contributed by atoms with E-state index in [-0.39, 0.29) is 12.5 Å². The highest BCUT2D eigenvalue weighted by molar-refractivity contribution is 5.64. The van der Waals surface area contributed by atoms with E-state index in [1.165, 1.54) is 0 Å². The lowest BCUT2D eigenvalue weighted by molar-refractivity contribution is 0.266. The van der Waals surface area contributed by atoms with Gasteiger partial charge in [0.1, 0.15) is 11.4 Å². The van der Waals surface area contributed by atoms with E-state index in [9.17, 15) is 5.11 Å². The first-order valence-corrected chi connectivity index (χ1v) is 12.7. The standard InChI is InChI=1S/C31H31N3O3/c35-18-8-3-9-19-37-26-16-14-25(15-17-26)29-22-34-30(27(32-29)20-23-10-4-1-5-11-23)33-28(31(34)36)21-24-12-6-2-7-13-24/h1-2,4-7,10-17,22,35-36H,3,8-9,18-21H2. The fourth-order valence-electron chi connectivity index (χ4n) is 4.40. The molecule has 0 radical (unpaired) electrons. The van der Waals surface area contributed by atoms with Crippen LogP contribution in [0.3, 0.4) is 0 Å². The smallest absolute Gasteiger partial charge is 0.219 e. The summed E-state index contributed by atoms with van der Waals surface area (Å²) in [6, 6.07) is 28.1. The largest absolute Gasteiger partial charge is 0.494 e. The highest BCUT2D eigenvalue weighted by Crippen LogP contribution is 2.29. The summed E-state index contributed by atoms with van der Waals surface area (Å²) in [5, 5.41) is 20.1. The summed E-state index contributed by atoms with van der Waals surface area (Å²) in [5.41, 5.74) is 6.01. The number of aliphatic hydroxyl groups is 1. The van der Waals surface area contributed by atoms with Gasteiger partial charge in [-0.05, 0) is 54.7 Å². The zero-order chi connectivity index (χ0) is 25.5.